The van der Waals surface area contributed by atoms with Crippen molar-refractivity contribution in [2.24, 2.45) is 0 Å². The molecule has 22 heteroatoms. The molecule has 0 spiro atoms. The minimum atomic E-state index is -1.19. The first kappa shape index (κ1) is 64.1. The lowest BCUT2D eigenvalue weighted by molar-refractivity contribution is -0.142. The first-order valence-electron chi connectivity index (χ1n) is 24.3. The van der Waals surface area contributed by atoms with E-state index in [1.54, 1.807) is 0 Å². The van der Waals surface area contributed by atoms with Crippen molar-refractivity contribution in [2.75, 3.05) is 98.9 Å². The smallest absolute Gasteiger partial charge is 0.326 e. The number of amides is 5. The van der Waals surface area contributed by atoms with Crippen LogP contribution in [0.3, 0.4) is 0 Å². The Morgan fingerprint density at radius 3 is 1.15 bits per heavy atom. The molecule has 2 atom stereocenters. The third-order valence-electron chi connectivity index (χ3n) is 10.1. The van der Waals surface area contributed by atoms with Gasteiger partial charge in [-0.05, 0) is 26.2 Å². The van der Waals surface area contributed by atoms with Gasteiger partial charge in [0, 0.05) is 38.9 Å². The van der Waals surface area contributed by atoms with Crippen molar-refractivity contribution in [3.05, 3.63) is 0 Å². The number of nitrogens with one attached hydrogen (secondary N) is 5. The van der Waals surface area contributed by atoms with Crippen LogP contribution in [0.1, 0.15) is 135 Å². The Balaban J connectivity index is 3.62. The Hall–Kier alpha value is -3.93. The number of hydrogen-bond donors (Lipinski definition) is 8. The summed E-state index contributed by atoms with van der Waals surface area (Å²) in [4.78, 5) is 93.1. The Morgan fingerprint density at radius 2 is 0.765 bits per heavy atom. The molecular weight excluding hydrogens is 911 g/mol. The fraction of sp³-hybridized carbons (Fsp3) is 0.826. The van der Waals surface area contributed by atoms with Gasteiger partial charge in [-0.15, -0.1) is 12.6 Å². The zero-order valence-electron chi connectivity index (χ0n) is 40.5. The van der Waals surface area contributed by atoms with Gasteiger partial charge in [-0.1, -0.05) is 89.9 Å². The van der Waals surface area contributed by atoms with E-state index in [-0.39, 0.29) is 148 Å². The standard InChI is InChI=1S/C46H83N5O16S/c1-37(46(61)68)50-43(56)36-67-33-30-64-27-24-49-42(55)35-66-32-29-63-26-23-48-41(54)34-65-31-28-62-25-22-47-39(52)21-20-38(45(59)60)51-40(53)18-16-14-12-10-8-6-4-2-3-5-7-9-11-13-15-17-19-44(57)58/h37-38H,2-36H2,1H3,(H,47,52)(H,48,54)(H,49,55)(H,50,56)(H,51,53)(H,57,58)(H,59,60)(H,61,68)/t37-,38-/m0/s1. The van der Waals surface area contributed by atoms with Gasteiger partial charge in [0.15, 0.2) is 0 Å². The summed E-state index contributed by atoms with van der Waals surface area (Å²) in [5.41, 5.74) is 0. The van der Waals surface area contributed by atoms with Crippen LogP contribution in [-0.2, 0) is 66.8 Å². The van der Waals surface area contributed by atoms with Gasteiger partial charge >= 0.3 is 11.9 Å². The predicted octanol–water partition coefficient (Wildman–Crippen LogP) is 2.85. The molecule has 0 aliphatic heterocycles. The van der Waals surface area contributed by atoms with Gasteiger partial charge in [-0.25, -0.2) is 4.79 Å². The Bertz CT molecular complexity index is 1380. The lowest BCUT2D eigenvalue weighted by Gasteiger charge is -2.14. The second kappa shape index (κ2) is 46.8. The third kappa shape index (κ3) is 45.8. The highest BCUT2D eigenvalue weighted by Gasteiger charge is 2.21. The molecule has 0 rings (SSSR count). The number of rotatable bonds is 50. The highest BCUT2D eigenvalue weighted by atomic mass is 32.1. The zero-order valence-corrected chi connectivity index (χ0v) is 41.4. The minimum absolute atomic E-state index is 0.0328. The topological polar surface area (TPSA) is 293 Å². The van der Waals surface area contributed by atoms with Crippen molar-refractivity contribution >= 4 is 59.2 Å². The minimum Gasteiger partial charge on any atom is -0.481 e. The molecule has 0 bridgehead atoms. The second-order valence-electron chi connectivity index (χ2n) is 16.2. The summed E-state index contributed by atoms with van der Waals surface area (Å²) >= 11 is 3.64. The van der Waals surface area contributed by atoms with Gasteiger partial charge in [0.1, 0.15) is 25.9 Å². The maximum absolute atomic E-state index is 12.4. The van der Waals surface area contributed by atoms with Crippen LogP contribution >= 0.6 is 12.6 Å². The molecule has 0 saturated carbocycles. The van der Waals surface area contributed by atoms with Crippen molar-refractivity contribution in [2.45, 2.75) is 147 Å². The van der Waals surface area contributed by atoms with Crippen LogP contribution in [-0.4, -0.2) is 168 Å². The molecule has 0 radical (unpaired) electrons. The number of aliphatic carboxylic acids is 2. The van der Waals surface area contributed by atoms with E-state index in [1.165, 1.54) is 64.7 Å². The fourth-order valence-corrected chi connectivity index (χ4v) is 6.38. The van der Waals surface area contributed by atoms with Crippen LogP contribution in [0.4, 0.5) is 0 Å². The quantitative estimate of drug-likeness (QED) is 0.0321. The van der Waals surface area contributed by atoms with Crippen LogP contribution in [0.2, 0.25) is 0 Å². The van der Waals surface area contributed by atoms with E-state index >= 15 is 0 Å². The van der Waals surface area contributed by atoms with Gasteiger partial charge in [-0.2, -0.15) is 0 Å². The van der Waals surface area contributed by atoms with Gasteiger partial charge in [0.2, 0.25) is 34.7 Å². The molecule has 7 N–H and O–H groups in total. The molecule has 21 nitrogen and oxygen atoms in total. The lowest BCUT2D eigenvalue weighted by Crippen LogP contribution is -2.41. The normalized spacial score (nSPS) is 11.9. The number of unbranched alkanes of at least 4 members (excludes halogenated alkanes) is 15. The van der Waals surface area contributed by atoms with E-state index in [0.717, 1.165) is 38.5 Å². The fourth-order valence-electron chi connectivity index (χ4n) is 6.31. The van der Waals surface area contributed by atoms with Crippen LogP contribution < -0.4 is 26.6 Å². The number of carbonyl (C=O) groups is 8. The van der Waals surface area contributed by atoms with Crippen molar-refractivity contribution in [3.63, 3.8) is 0 Å². The number of ether oxygens (including phenoxy) is 6. The molecule has 394 valence electrons. The summed E-state index contributed by atoms with van der Waals surface area (Å²) in [6.07, 6.45) is 18.2. The first-order chi connectivity index (χ1) is 32.8. The Morgan fingerprint density at radius 1 is 0.412 bits per heavy atom. The first-order valence-corrected chi connectivity index (χ1v) is 24.8. The van der Waals surface area contributed by atoms with E-state index in [2.05, 4.69) is 39.2 Å². The molecule has 0 heterocycles. The SMILES string of the molecule is C[C@H](NC(=O)COCCOCCNC(=O)COCCOCCNC(=O)COCCOCCNC(=O)CC[C@H](NC(=O)CCCCCCCCCCCCCCCCCCC(=O)O)C(=O)O)C(=O)S. The third-order valence-corrected chi connectivity index (χ3v) is 10.5. The predicted molar refractivity (Wildman–Crippen MR) is 255 cm³/mol. The van der Waals surface area contributed by atoms with Crippen molar-refractivity contribution < 1.29 is 77.0 Å². The monoisotopic (exact) mass is 994 g/mol. The Kier molecular flexibility index (Phi) is 44.1. The number of hydrogen-bond acceptors (Lipinski definition) is 14. The van der Waals surface area contributed by atoms with Crippen LogP contribution in [0.15, 0.2) is 0 Å². The molecule has 0 saturated heterocycles. The van der Waals surface area contributed by atoms with Crippen LogP contribution in [0.25, 0.3) is 0 Å². The molecule has 0 aromatic heterocycles. The zero-order chi connectivity index (χ0) is 50.3. The molecular formula is C46H83N5O16S. The number of carbonyl (C=O) groups excluding carboxylic acids is 6. The average molecular weight is 994 g/mol. The molecule has 68 heavy (non-hydrogen) atoms. The largest absolute Gasteiger partial charge is 0.481 e. The van der Waals surface area contributed by atoms with Gasteiger partial charge in [0.25, 0.3) is 0 Å². The average Bonchev–Trinajstić information content (AvgIpc) is 3.29. The van der Waals surface area contributed by atoms with E-state index in [4.69, 9.17) is 33.5 Å². The maximum atomic E-state index is 12.4. The van der Waals surface area contributed by atoms with E-state index in [9.17, 15) is 43.5 Å². The number of carboxylic acids is 2. The summed E-state index contributed by atoms with van der Waals surface area (Å²) in [6, 6.07) is -1.85. The molecule has 0 aliphatic carbocycles. The summed E-state index contributed by atoms with van der Waals surface area (Å²) in [5.74, 6) is -3.69. The summed E-state index contributed by atoms with van der Waals surface area (Å²) in [5, 5.41) is 30.6. The number of thiol groups is 1. The van der Waals surface area contributed by atoms with Gasteiger partial charge < -0.3 is 65.2 Å². The highest BCUT2D eigenvalue weighted by Crippen LogP contribution is 2.14. The van der Waals surface area contributed by atoms with Crippen LogP contribution in [0.5, 0.6) is 0 Å². The Labute approximate surface area is 408 Å². The van der Waals surface area contributed by atoms with E-state index in [0.29, 0.717) is 6.42 Å². The van der Waals surface area contributed by atoms with Gasteiger partial charge in [0.05, 0.1) is 65.5 Å². The van der Waals surface area contributed by atoms with Crippen molar-refractivity contribution in [3.8, 4) is 0 Å². The van der Waals surface area contributed by atoms with Gasteiger partial charge in [-0.3, -0.25) is 33.6 Å². The van der Waals surface area contributed by atoms with Crippen molar-refractivity contribution in [1.29, 1.82) is 0 Å². The van der Waals surface area contributed by atoms with Crippen LogP contribution in [0, 0.1) is 0 Å². The second-order valence-corrected chi connectivity index (χ2v) is 16.7. The molecule has 0 aromatic carbocycles. The lowest BCUT2D eigenvalue weighted by atomic mass is 10.0. The maximum Gasteiger partial charge on any atom is 0.326 e. The van der Waals surface area contributed by atoms with E-state index < -0.39 is 35.0 Å². The number of carboxylic acid groups (broad SMARTS) is 2. The summed E-state index contributed by atoms with van der Waals surface area (Å²) in [7, 11) is 0. The molecule has 0 aliphatic rings. The molecule has 0 fully saturated rings. The summed E-state index contributed by atoms with van der Waals surface area (Å²) < 4.78 is 31.7. The molecule has 0 aromatic rings. The van der Waals surface area contributed by atoms with E-state index in [1.807, 2.05) is 0 Å². The molecule has 5 amide bonds. The molecule has 0 unspecified atom stereocenters. The summed E-state index contributed by atoms with van der Waals surface area (Å²) in [6.45, 7) is 3.44. The van der Waals surface area contributed by atoms with Crippen molar-refractivity contribution in [1.82, 2.24) is 26.6 Å². The highest BCUT2D eigenvalue weighted by molar-refractivity contribution is 7.96.